The van der Waals surface area contributed by atoms with E-state index in [0.29, 0.717) is 4.75 Å². The number of rotatable bonds is 3. The van der Waals surface area contributed by atoms with Gasteiger partial charge in [-0.3, -0.25) is 4.99 Å². The molecule has 1 heterocycles. The average Bonchev–Trinajstić information content (AvgIpc) is 2.45. The first-order valence-electron chi connectivity index (χ1n) is 6.17. The molecule has 0 aromatic carbocycles. The summed E-state index contributed by atoms with van der Waals surface area (Å²) in [4.78, 5) is 4.62. The maximum Gasteiger partial charge on any atom is 0.0963 e. The lowest BCUT2D eigenvalue weighted by atomic mass is 9.84. The lowest BCUT2D eigenvalue weighted by Gasteiger charge is -2.40. The monoisotopic (exact) mass is 226 g/mol. The van der Waals surface area contributed by atoms with Crippen molar-refractivity contribution in [1.82, 2.24) is 5.32 Å². The zero-order valence-corrected chi connectivity index (χ0v) is 10.5. The van der Waals surface area contributed by atoms with Crippen LogP contribution in [0, 0.1) is 0 Å². The van der Waals surface area contributed by atoms with Crippen molar-refractivity contribution in [3.05, 3.63) is 0 Å². The summed E-state index contributed by atoms with van der Waals surface area (Å²) in [6, 6.07) is 0. The lowest BCUT2D eigenvalue weighted by molar-refractivity contribution is 0.361. The van der Waals surface area contributed by atoms with E-state index in [0.717, 1.165) is 13.1 Å². The molecule has 3 heteroatoms. The lowest BCUT2D eigenvalue weighted by Crippen LogP contribution is -2.45. The van der Waals surface area contributed by atoms with Crippen molar-refractivity contribution >= 4 is 17.6 Å². The van der Waals surface area contributed by atoms with Gasteiger partial charge in [-0.25, -0.2) is 0 Å². The van der Waals surface area contributed by atoms with Crippen molar-refractivity contribution in [2.75, 3.05) is 19.3 Å². The molecular formula is C12H22N2S. The van der Waals surface area contributed by atoms with Crippen LogP contribution in [-0.4, -0.2) is 29.9 Å². The molecule has 1 aliphatic heterocycles. The standard InChI is InChI=1S/C12H22N2S/c1-15-12(7-5-8-12)10-14-11-6-3-2-4-9-13-11/h2-10H2,1H3,(H,13,14). The Bertz CT molecular complexity index is 228. The fourth-order valence-electron chi connectivity index (χ4n) is 2.31. The van der Waals surface area contributed by atoms with E-state index in [-0.39, 0.29) is 0 Å². The van der Waals surface area contributed by atoms with Crippen LogP contribution >= 0.6 is 11.8 Å². The van der Waals surface area contributed by atoms with E-state index in [1.54, 1.807) is 0 Å². The van der Waals surface area contributed by atoms with Crippen LogP contribution in [0.5, 0.6) is 0 Å². The summed E-state index contributed by atoms with van der Waals surface area (Å²) in [5.74, 6) is 1.27. The Morgan fingerprint density at radius 1 is 1.27 bits per heavy atom. The van der Waals surface area contributed by atoms with E-state index >= 15 is 0 Å². The average molecular weight is 226 g/mol. The van der Waals surface area contributed by atoms with Crippen LogP contribution in [0.25, 0.3) is 0 Å². The third-order valence-electron chi connectivity index (χ3n) is 3.69. The summed E-state index contributed by atoms with van der Waals surface area (Å²) in [5.41, 5.74) is 0. The second kappa shape index (κ2) is 5.24. The predicted octanol–water partition coefficient (Wildman–Crippen LogP) is 2.83. The molecule has 0 saturated heterocycles. The first-order chi connectivity index (χ1) is 7.35. The number of aliphatic imine (C=N–C) groups is 1. The number of nitrogens with zero attached hydrogens (tertiary/aromatic N) is 1. The molecule has 0 atom stereocenters. The Balaban J connectivity index is 1.78. The Hall–Kier alpha value is -0.180. The predicted molar refractivity (Wildman–Crippen MR) is 68.9 cm³/mol. The Labute approximate surface area is 97.3 Å². The minimum Gasteiger partial charge on any atom is -0.372 e. The maximum atomic E-state index is 4.62. The highest BCUT2D eigenvalue weighted by atomic mass is 32.2. The molecule has 1 aliphatic carbocycles. The fourth-order valence-corrected chi connectivity index (χ4v) is 3.22. The molecule has 2 aliphatic rings. The normalized spacial score (nSPS) is 25.0. The molecule has 0 amide bonds. The van der Waals surface area contributed by atoms with Gasteiger partial charge in [0.05, 0.1) is 5.84 Å². The summed E-state index contributed by atoms with van der Waals surface area (Å²) >= 11 is 2.04. The minimum absolute atomic E-state index is 0.537. The highest BCUT2D eigenvalue weighted by Crippen LogP contribution is 2.42. The van der Waals surface area contributed by atoms with Crippen molar-refractivity contribution < 1.29 is 0 Å². The summed E-state index contributed by atoms with van der Waals surface area (Å²) in [6.07, 6.45) is 11.5. The van der Waals surface area contributed by atoms with Gasteiger partial charge in [0, 0.05) is 24.3 Å². The van der Waals surface area contributed by atoms with Crippen LogP contribution in [0.3, 0.4) is 0 Å². The molecule has 0 radical (unpaired) electrons. The van der Waals surface area contributed by atoms with Gasteiger partial charge in [-0.1, -0.05) is 12.8 Å². The molecule has 2 nitrogen and oxygen atoms in total. The fraction of sp³-hybridized carbons (Fsp3) is 0.917. The van der Waals surface area contributed by atoms with Crippen LogP contribution in [0.4, 0.5) is 0 Å². The maximum absolute atomic E-state index is 4.62. The number of amidine groups is 1. The Morgan fingerprint density at radius 2 is 2.13 bits per heavy atom. The van der Waals surface area contributed by atoms with Crippen LogP contribution < -0.4 is 5.32 Å². The molecule has 1 saturated carbocycles. The molecule has 2 rings (SSSR count). The molecule has 0 bridgehead atoms. The first kappa shape index (κ1) is 11.3. The number of hydrogen-bond donors (Lipinski definition) is 1. The molecular weight excluding hydrogens is 204 g/mol. The SMILES string of the molecule is CSC1(CNC2=NCCCCC2)CCC1. The van der Waals surface area contributed by atoms with E-state index < -0.39 is 0 Å². The molecule has 15 heavy (non-hydrogen) atoms. The van der Waals surface area contributed by atoms with E-state index in [9.17, 15) is 0 Å². The summed E-state index contributed by atoms with van der Waals surface area (Å²) in [7, 11) is 0. The van der Waals surface area contributed by atoms with Gasteiger partial charge in [0.25, 0.3) is 0 Å². The van der Waals surface area contributed by atoms with Crippen molar-refractivity contribution in [1.29, 1.82) is 0 Å². The van der Waals surface area contributed by atoms with E-state index in [4.69, 9.17) is 0 Å². The van der Waals surface area contributed by atoms with Crippen molar-refractivity contribution in [3.63, 3.8) is 0 Å². The van der Waals surface area contributed by atoms with Crippen molar-refractivity contribution in [2.45, 2.75) is 49.7 Å². The molecule has 0 aromatic rings. The highest BCUT2D eigenvalue weighted by Gasteiger charge is 2.35. The van der Waals surface area contributed by atoms with E-state index in [2.05, 4.69) is 16.6 Å². The molecule has 86 valence electrons. The van der Waals surface area contributed by atoms with Crippen LogP contribution in [0.1, 0.15) is 44.9 Å². The zero-order chi connectivity index (χ0) is 10.6. The quantitative estimate of drug-likeness (QED) is 0.800. The van der Waals surface area contributed by atoms with Crippen LogP contribution in [0.15, 0.2) is 4.99 Å². The topological polar surface area (TPSA) is 24.4 Å². The van der Waals surface area contributed by atoms with Gasteiger partial charge < -0.3 is 5.32 Å². The number of thioether (sulfide) groups is 1. The third kappa shape index (κ3) is 2.90. The smallest absolute Gasteiger partial charge is 0.0963 e. The first-order valence-corrected chi connectivity index (χ1v) is 7.39. The van der Waals surface area contributed by atoms with Gasteiger partial charge in [-0.2, -0.15) is 11.8 Å². The zero-order valence-electron chi connectivity index (χ0n) is 9.72. The molecule has 1 N–H and O–H groups in total. The number of nitrogens with one attached hydrogen (secondary N) is 1. The molecule has 0 unspecified atom stereocenters. The van der Waals surface area contributed by atoms with E-state index in [1.807, 2.05) is 11.8 Å². The van der Waals surface area contributed by atoms with Crippen molar-refractivity contribution in [3.8, 4) is 0 Å². The Morgan fingerprint density at radius 3 is 2.80 bits per heavy atom. The molecule has 0 aromatic heterocycles. The largest absolute Gasteiger partial charge is 0.372 e. The third-order valence-corrected chi connectivity index (χ3v) is 5.11. The van der Waals surface area contributed by atoms with Gasteiger partial charge in [0.1, 0.15) is 0 Å². The van der Waals surface area contributed by atoms with Crippen molar-refractivity contribution in [2.24, 2.45) is 4.99 Å². The second-order valence-corrected chi connectivity index (χ2v) is 6.01. The second-order valence-electron chi connectivity index (χ2n) is 4.73. The Kier molecular flexibility index (Phi) is 3.95. The van der Waals surface area contributed by atoms with Gasteiger partial charge in [0.15, 0.2) is 0 Å². The van der Waals surface area contributed by atoms with Crippen LogP contribution in [-0.2, 0) is 0 Å². The summed E-state index contributed by atoms with van der Waals surface area (Å²) in [6.45, 7) is 2.17. The highest BCUT2D eigenvalue weighted by molar-refractivity contribution is 8.00. The van der Waals surface area contributed by atoms with Gasteiger partial charge in [-0.15, -0.1) is 0 Å². The minimum atomic E-state index is 0.537. The van der Waals surface area contributed by atoms with E-state index in [1.165, 1.54) is 50.8 Å². The van der Waals surface area contributed by atoms with Crippen LogP contribution in [0.2, 0.25) is 0 Å². The summed E-state index contributed by atoms with van der Waals surface area (Å²) in [5, 5.41) is 3.58. The molecule has 1 fully saturated rings. The van der Waals surface area contributed by atoms with Gasteiger partial charge in [-0.05, 0) is 31.9 Å². The van der Waals surface area contributed by atoms with Gasteiger partial charge in [0.2, 0.25) is 0 Å². The summed E-state index contributed by atoms with van der Waals surface area (Å²) < 4.78 is 0.537. The van der Waals surface area contributed by atoms with Gasteiger partial charge >= 0.3 is 0 Å². The number of hydrogen-bond acceptors (Lipinski definition) is 3. The molecule has 0 spiro atoms.